The Morgan fingerprint density at radius 1 is 1.48 bits per heavy atom. The smallest absolute Gasteiger partial charge is 0.193 e. The SMILES string of the molecule is CN=C(NCCOCC(C)C)N1CCC(C)C(n2ccnc2)C1. The second kappa shape index (κ2) is 8.91. The number of guanidine groups is 1. The third-order valence-electron chi connectivity index (χ3n) is 4.32. The fourth-order valence-electron chi connectivity index (χ4n) is 2.98. The minimum absolute atomic E-state index is 0.446. The minimum Gasteiger partial charge on any atom is -0.379 e. The third-order valence-corrected chi connectivity index (χ3v) is 4.32. The second-order valence-corrected chi connectivity index (χ2v) is 6.73. The zero-order valence-corrected chi connectivity index (χ0v) is 14.9. The first-order chi connectivity index (χ1) is 11.1. The van der Waals surface area contributed by atoms with E-state index in [1.807, 2.05) is 19.6 Å². The van der Waals surface area contributed by atoms with Gasteiger partial charge in [0.2, 0.25) is 0 Å². The Hall–Kier alpha value is -1.56. The zero-order chi connectivity index (χ0) is 16.7. The normalized spacial score (nSPS) is 22.7. The van der Waals surface area contributed by atoms with Crippen molar-refractivity contribution >= 4 is 5.96 Å². The van der Waals surface area contributed by atoms with Crippen LogP contribution in [0.3, 0.4) is 0 Å². The highest BCUT2D eigenvalue weighted by Crippen LogP contribution is 2.27. The number of nitrogens with zero attached hydrogens (tertiary/aromatic N) is 4. The van der Waals surface area contributed by atoms with E-state index in [1.54, 1.807) is 0 Å². The van der Waals surface area contributed by atoms with Crippen molar-refractivity contribution in [3.63, 3.8) is 0 Å². The molecule has 0 spiro atoms. The summed E-state index contributed by atoms with van der Waals surface area (Å²) in [4.78, 5) is 11.0. The van der Waals surface area contributed by atoms with E-state index in [4.69, 9.17) is 4.74 Å². The molecule has 6 heteroatoms. The Morgan fingerprint density at radius 2 is 2.30 bits per heavy atom. The first-order valence-corrected chi connectivity index (χ1v) is 8.62. The molecule has 2 atom stereocenters. The maximum absolute atomic E-state index is 5.63. The van der Waals surface area contributed by atoms with Gasteiger partial charge in [0.15, 0.2) is 5.96 Å². The fourth-order valence-corrected chi connectivity index (χ4v) is 2.98. The van der Waals surface area contributed by atoms with Gasteiger partial charge >= 0.3 is 0 Å². The maximum atomic E-state index is 5.63. The summed E-state index contributed by atoms with van der Waals surface area (Å²) in [6.45, 7) is 11.0. The predicted molar refractivity (Wildman–Crippen MR) is 93.6 cm³/mol. The molecule has 0 radical (unpaired) electrons. The molecule has 1 aliphatic rings. The lowest BCUT2D eigenvalue weighted by molar-refractivity contribution is 0.113. The van der Waals surface area contributed by atoms with E-state index in [0.717, 1.165) is 38.6 Å². The number of ether oxygens (including phenoxy) is 1. The summed E-state index contributed by atoms with van der Waals surface area (Å²) in [5, 5.41) is 3.42. The standard InChI is InChI=1S/C17H31N5O/c1-14(2)12-23-10-7-20-17(18-4)21-8-5-15(3)16(11-21)22-9-6-19-13-22/h6,9,13-16H,5,7-8,10-12H2,1-4H3,(H,18,20). The van der Waals surface area contributed by atoms with Crippen molar-refractivity contribution in [2.75, 3.05) is 39.9 Å². The van der Waals surface area contributed by atoms with Gasteiger partial charge in [-0.05, 0) is 18.3 Å². The van der Waals surface area contributed by atoms with Gasteiger partial charge in [-0.1, -0.05) is 20.8 Å². The van der Waals surface area contributed by atoms with E-state index >= 15 is 0 Å². The highest BCUT2D eigenvalue weighted by atomic mass is 16.5. The molecule has 130 valence electrons. The summed E-state index contributed by atoms with van der Waals surface area (Å²) >= 11 is 0. The van der Waals surface area contributed by atoms with Gasteiger partial charge in [0, 0.05) is 45.7 Å². The van der Waals surface area contributed by atoms with E-state index in [-0.39, 0.29) is 0 Å². The highest BCUT2D eigenvalue weighted by molar-refractivity contribution is 5.80. The van der Waals surface area contributed by atoms with Crippen molar-refractivity contribution < 1.29 is 4.74 Å². The number of aromatic nitrogens is 2. The lowest BCUT2D eigenvalue weighted by atomic mass is 9.93. The summed E-state index contributed by atoms with van der Waals surface area (Å²) in [5.74, 6) is 2.19. The van der Waals surface area contributed by atoms with Crippen LogP contribution in [0.4, 0.5) is 0 Å². The van der Waals surface area contributed by atoms with Crippen molar-refractivity contribution in [3.8, 4) is 0 Å². The summed E-state index contributed by atoms with van der Waals surface area (Å²) < 4.78 is 7.84. The van der Waals surface area contributed by atoms with E-state index in [0.29, 0.717) is 24.5 Å². The minimum atomic E-state index is 0.446. The van der Waals surface area contributed by atoms with Crippen LogP contribution in [0.1, 0.15) is 33.2 Å². The molecular formula is C17H31N5O. The van der Waals surface area contributed by atoms with Crippen LogP contribution in [0.25, 0.3) is 0 Å². The van der Waals surface area contributed by atoms with Crippen molar-refractivity contribution in [2.45, 2.75) is 33.2 Å². The topological polar surface area (TPSA) is 54.7 Å². The van der Waals surface area contributed by atoms with Gasteiger partial charge in [0.05, 0.1) is 19.0 Å². The largest absolute Gasteiger partial charge is 0.379 e. The molecule has 2 unspecified atom stereocenters. The summed E-state index contributed by atoms with van der Waals surface area (Å²) in [5.41, 5.74) is 0. The van der Waals surface area contributed by atoms with Crippen molar-refractivity contribution in [1.29, 1.82) is 0 Å². The zero-order valence-electron chi connectivity index (χ0n) is 14.9. The highest BCUT2D eigenvalue weighted by Gasteiger charge is 2.28. The van der Waals surface area contributed by atoms with E-state index < -0.39 is 0 Å². The molecule has 2 rings (SSSR count). The summed E-state index contributed by atoms with van der Waals surface area (Å²) in [6, 6.07) is 0.446. The molecule has 0 aromatic carbocycles. The number of nitrogens with one attached hydrogen (secondary N) is 1. The predicted octanol–water partition coefficient (Wildman–Crippen LogP) is 2.01. The van der Waals surface area contributed by atoms with Crippen molar-refractivity contribution in [3.05, 3.63) is 18.7 Å². The maximum Gasteiger partial charge on any atom is 0.193 e. The molecule has 23 heavy (non-hydrogen) atoms. The van der Waals surface area contributed by atoms with Crippen LogP contribution < -0.4 is 5.32 Å². The number of imidazole rings is 1. The van der Waals surface area contributed by atoms with Crippen LogP contribution in [-0.4, -0.2) is 60.3 Å². The Kier molecular flexibility index (Phi) is 6.89. The number of likely N-dealkylation sites (tertiary alicyclic amines) is 1. The van der Waals surface area contributed by atoms with E-state index in [2.05, 4.69) is 51.7 Å². The molecule has 1 N–H and O–H groups in total. The molecule has 0 bridgehead atoms. The van der Waals surface area contributed by atoms with Crippen LogP contribution in [0, 0.1) is 11.8 Å². The molecule has 1 fully saturated rings. The summed E-state index contributed by atoms with van der Waals surface area (Å²) in [6.07, 6.45) is 6.99. The van der Waals surface area contributed by atoms with E-state index in [9.17, 15) is 0 Å². The average Bonchev–Trinajstić information content (AvgIpc) is 3.05. The van der Waals surface area contributed by atoms with Crippen LogP contribution in [0.5, 0.6) is 0 Å². The van der Waals surface area contributed by atoms with Gasteiger partial charge in [-0.25, -0.2) is 4.98 Å². The monoisotopic (exact) mass is 321 g/mol. The van der Waals surface area contributed by atoms with Crippen LogP contribution in [-0.2, 0) is 4.74 Å². The lowest BCUT2D eigenvalue weighted by Gasteiger charge is -2.39. The van der Waals surface area contributed by atoms with Crippen LogP contribution in [0.2, 0.25) is 0 Å². The molecule has 1 saturated heterocycles. The average molecular weight is 321 g/mol. The molecule has 1 aliphatic heterocycles. The van der Waals surface area contributed by atoms with Crippen LogP contribution >= 0.6 is 0 Å². The summed E-state index contributed by atoms with van der Waals surface area (Å²) in [7, 11) is 1.85. The van der Waals surface area contributed by atoms with Crippen molar-refractivity contribution in [1.82, 2.24) is 19.8 Å². The van der Waals surface area contributed by atoms with Gasteiger partial charge in [-0.2, -0.15) is 0 Å². The first kappa shape index (κ1) is 17.8. The molecule has 0 amide bonds. The van der Waals surface area contributed by atoms with Gasteiger partial charge in [0.1, 0.15) is 0 Å². The molecule has 2 heterocycles. The number of aliphatic imine (C=N–C) groups is 1. The first-order valence-electron chi connectivity index (χ1n) is 8.62. The number of rotatable bonds is 6. The molecule has 1 aromatic rings. The number of piperidine rings is 1. The fraction of sp³-hybridized carbons (Fsp3) is 0.765. The Labute approximate surface area is 139 Å². The second-order valence-electron chi connectivity index (χ2n) is 6.73. The van der Waals surface area contributed by atoms with Crippen molar-refractivity contribution in [2.24, 2.45) is 16.8 Å². The molecular weight excluding hydrogens is 290 g/mol. The molecule has 1 aromatic heterocycles. The quantitative estimate of drug-likeness (QED) is 0.495. The Balaban J connectivity index is 1.84. The molecule has 0 saturated carbocycles. The molecule has 6 nitrogen and oxygen atoms in total. The van der Waals surface area contributed by atoms with Gasteiger partial charge in [0.25, 0.3) is 0 Å². The lowest BCUT2D eigenvalue weighted by Crippen LogP contribution is -2.49. The third kappa shape index (κ3) is 5.23. The van der Waals surface area contributed by atoms with E-state index in [1.165, 1.54) is 0 Å². The Bertz CT molecular complexity index is 471. The van der Waals surface area contributed by atoms with Gasteiger partial charge < -0.3 is 19.5 Å². The Morgan fingerprint density at radius 3 is 2.96 bits per heavy atom. The van der Waals surface area contributed by atoms with Gasteiger partial charge in [-0.15, -0.1) is 0 Å². The molecule has 0 aliphatic carbocycles. The van der Waals surface area contributed by atoms with Gasteiger partial charge in [-0.3, -0.25) is 4.99 Å². The number of hydrogen-bond acceptors (Lipinski definition) is 3. The number of hydrogen-bond donors (Lipinski definition) is 1. The van der Waals surface area contributed by atoms with Crippen LogP contribution in [0.15, 0.2) is 23.7 Å².